The van der Waals surface area contributed by atoms with Gasteiger partial charge in [-0.2, -0.15) is 0 Å². The lowest BCUT2D eigenvalue weighted by Gasteiger charge is -2.15. The van der Waals surface area contributed by atoms with Crippen LogP contribution in [0.5, 0.6) is 0 Å². The van der Waals surface area contributed by atoms with Crippen molar-refractivity contribution in [1.29, 1.82) is 0 Å². The number of benzene rings is 9. The van der Waals surface area contributed by atoms with Crippen LogP contribution >= 0.6 is 0 Å². The summed E-state index contributed by atoms with van der Waals surface area (Å²) in [5.41, 5.74) is 10.4. The molecule has 236 valence electrons. The minimum Gasteiger partial charge on any atom is -0.456 e. The molecule has 2 heterocycles. The van der Waals surface area contributed by atoms with Crippen molar-refractivity contribution in [2.45, 2.75) is 0 Å². The van der Waals surface area contributed by atoms with Gasteiger partial charge in [-0.25, -0.2) is 9.97 Å². The highest BCUT2D eigenvalue weighted by molar-refractivity contribution is 6.35. The van der Waals surface area contributed by atoms with Crippen LogP contribution < -0.4 is 0 Å². The van der Waals surface area contributed by atoms with Gasteiger partial charge in [0.2, 0.25) is 0 Å². The average molecular weight is 649 g/mol. The highest BCUT2D eigenvalue weighted by Crippen LogP contribution is 2.47. The molecule has 3 heteroatoms. The first-order chi connectivity index (χ1) is 25.3. The van der Waals surface area contributed by atoms with E-state index >= 15 is 0 Å². The molecule has 0 N–H and O–H groups in total. The maximum Gasteiger partial charge on any atom is 0.160 e. The molecule has 0 unspecified atom stereocenters. The molecule has 0 atom stereocenters. The Morgan fingerprint density at radius 1 is 0.353 bits per heavy atom. The third kappa shape index (κ3) is 4.25. The zero-order valence-corrected chi connectivity index (χ0v) is 27.5. The Kier molecular flexibility index (Phi) is 5.96. The highest BCUT2D eigenvalue weighted by Gasteiger charge is 2.21. The molecule has 9 aromatic carbocycles. The summed E-state index contributed by atoms with van der Waals surface area (Å²) in [6.07, 6.45) is 0. The van der Waals surface area contributed by atoms with Gasteiger partial charge in [0.25, 0.3) is 0 Å². The fourth-order valence-corrected chi connectivity index (χ4v) is 8.11. The summed E-state index contributed by atoms with van der Waals surface area (Å²) in [6.45, 7) is 0. The van der Waals surface area contributed by atoms with Crippen molar-refractivity contribution in [3.8, 4) is 44.9 Å². The van der Waals surface area contributed by atoms with Gasteiger partial charge < -0.3 is 4.42 Å². The van der Waals surface area contributed by atoms with Crippen LogP contribution in [0.3, 0.4) is 0 Å². The fraction of sp³-hybridized carbons (Fsp3) is 0. The maximum atomic E-state index is 6.57. The largest absolute Gasteiger partial charge is 0.456 e. The number of aromatic nitrogens is 2. The van der Waals surface area contributed by atoms with Crippen molar-refractivity contribution >= 4 is 65.2 Å². The first-order valence-corrected chi connectivity index (χ1v) is 17.3. The molecule has 2 aromatic heterocycles. The van der Waals surface area contributed by atoms with Gasteiger partial charge in [0.05, 0.1) is 11.2 Å². The fourth-order valence-electron chi connectivity index (χ4n) is 8.11. The minimum atomic E-state index is 0.709. The van der Waals surface area contributed by atoms with Crippen LogP contribution in [0.2, 0.25) is 0 Å². The van der Waals surface area contributed by atoms with Gasteiger partial charge in [0.15, 0.2) is 5.82 Å². The van der Waals surface area contributed by atoms with E-state index in [1.165, 1.54) is 43.4 Å². The molecule has 3 nitrogen and oxygen atoms in total. The minimum absolute atomic E-state index is 0.709. The van der Waals surface area contributed by atoms with Gasteiger partial charge in [-0.1, -0.05) is 140 Å². The molecule has 0 amide bonds. The van der Waals surface area contributed by atoms with Gasteiger partial charge in [-0.3, -0.25) is 0 Å². The Morgan fingerprint density at radius 3 is 1.92 bits per heavy atom. The van der Waals surface area contributed by atoms with E-state index in [9.17, 15) is 0 Å². The SMILES string of the molecule is c1ccc(-c2cc3oc4cccc5c6c(-c7cccc(-c8nc(-c9ccccc9)c9ccc%10ccccc%10c9n8)c7)cccc6c(c2)c3c45)cc1. The van der Waals surface area contributed by atoms with Crippen LogP contribution in [-0.2, 0) is 0 Å². The van der Waals surface area contributed by atoms with Crippen molar-refractivity contribution in [2.24, 2.45) is 0 Å². The van der Waals surface area contributed by atoms with E-state index in [0.717, 1.165) is 60.8 Å². The Bertz CT molecular complexity index is 3130. The Morgan fingerprint density at radius 2 is 1.04 bits per heavy atom. The first-order valence-electron chi connectivity index (χ1n) is 17.3. The van der Waals surface area contributed by atoms with Crippen molar-refractivity contribution in [1.82, 2.24) is 9.97 Å². The van der Waals surface area contributed by atoms with Gasteiger partial charge >= 0.3 is 0 Å². The molecular formula is C48H28N2O. The lowest BCUT2D eigenvalue weighted by molar-refractivity contribution is 0.669. The van der Waals surface area contributed by atoms with Crippen molar-refractivity contribution < 1.29 is 4.42 Å². The quantitative estimate of drug-likeness (QED) is 0.178. The molecule has 0 aliphatic heterocycles. The average Bonchev–Trinajstić information content (AvgIpc) is 3.59. The van der Waals surface area contributed by atoms with Crippen LogP contribution in [-0.4, -0.2) is 9.97 Å². The summed E-state index contributed by atoms with van der Waals surface area (Å²) in [7, 11) is 0. The number of nitrogens with zero attached hydrogens (tertiary/aromatic N) is 2. The van der Waals surface area contributed by atoms with E-state index in [0.29, 0.717) is 5.82 Å². The smallest absolute Gasteiger partial charge is 0.160 e. The zero-order chi connectivity index (χ0) is 33.5. The number of hydrogen-bond donors (Lipinski definition) is 0. The first kappa shape index (κ1) is 28.0. The van der Waals surface area contributed by atoms with Gasteiger partial charge in [-0.05, 0) is 79.5 Å². The maximum absolute atomic E-state index is 6.57. The molecule has 11 rings (SSSR count). The van der Waals surface area contributed by atoms with Crippen LogP contribution in [0.4, 0.5) is 0 Å². The van der Waals surface area contributed by atoms with Crippen molar-refractivity contribution in [3.05, 3.63) is 170 Å². The normalized spacial score (nSPS) is 11.9. The second-order valence-corrected chi connectivity index (χ2v) is 13.3. The molecule has 0 fully saturated rings. The predicted octanol–water partition coefficient (Wildman–Crippen LogP) is 13.1. The standard InChI is InChI=1S/C48H28N2O/c1-3-12-29(13-4-1)34-27-40-37-21-10-20-35(43(37)38-22-11-23-41-44(38)45(40)42(28-34)51-41)32-17-9-18-33(26-32)48-49-46(31-15-5-2-6-16-31)39-25-24-30-14-7-8-19-36(30)47(39)50-48/h1-28H. The van der Waals surface area contributed by atoms with Gasteiger partial charge in [0.1, 0.15) is 11.2 Å². The summed E-state index contributed by atoms with van der Waals surface area (Å²) in [6, 6.07) is 60.1. The lowest BCUT2D eigenvalue weighted by atomic mass is 9.88. The Hall–Kier alpha value is -6.84. The molecule has 11 aromatic rings. The van der Waals surface area contributed by atoms with Crippen LogP contribution in [0.25, 0.3) is 110 Å². The monoisotopic (exact) mass is 648 g/mol. The summed E-state index contributed by atoms with van der Waals surface area (Å²) in [4.78, 5) is 10.5. The summed E-state index contributed by atoms with van der Waals surface area (Å²) < 4.78 is 6.57. The molecule has 0 saturated heterocycles. The summed E-state index contributed by atoms with van der Waals surface area (Å²) >= 11 is 0. The van der Waals surface area contributed by atoms with E-state index in [1.807, 2.05) is 6.07 Å². The van der Waals surface area contributed by atoms with E-state index < -0.39 is 0 Å². The second kappa shape index (κ2) is 10.8. The number of rotatable bonds is 4. The molecule has 51 heavy (non-hydrogen) atoms. The third-order valence-corrected chi connectivity index (χ3v) is 10.4. The third-order valence-electron chi connectivity index (χ3n) is 10.4. The van der Waals surface area contributed by atoms with E-state index in [-0.39, 0.29) is 0 Å². The summed E-state index contributed by atoms with van der Waals surface area (Å²) in [5, 5.41) is 10.5. The molecular weight excluding hydrogens is 621 g/mol. The van der Waals surface area contributed by atoms with E-state index in [4.69, 9.17) is 14.4 Å². The van der Waals surface area contributed by atoms with Crippen molar-refractivity contribution in [2.75, 3.05) is 0 Å². The number of hydrogen-bond acceptors (Lipinski definition) is 3. The highest BCUT2D eigenvalue weighted by atomic mass is 16.3. The van der Waals surface area contributed by atoms with E-state index in [2.05, 4.69) is 164 Å². The van der Waals surface area contributed by atoms with Crippen LogP contribution in [0.15, 0.2) is 174 Å². The second-order valence-electron chi connectivity index (χ2n) is 13.3. The van der Waals surface area contributed by atoms with Crippen molar-refractivity contribution in [3.63, 3.8) is 0 Å². The van der Waals surface area contributed by atoms with Crippen LogP contribution in [0, 0.1) is 0 Å². The topological polar surface area (TPSA) is 38.9 Å². The van der Waals surface area contributed by atoms with E-state index in [1.54, 1.807) is 0 Å². The predicted molar refractivity (Wildman–Crippen MR) is 212 cm³/mol. The molecule has 0 saturated carbocycles. The summed E-state index contributed by atoms with van der Waals surface area (Å²) in [5.74, 6) is 0.709. The Balaban J connectivity index is 1.17. The molecule has 0 aliphatic rings. The van der Waals surface area contributed by atoms with Gasteiger partial charge in [-0.15, -0.1) is 0 Å². The molecule has 0 spiro atoms. The Labute approximate surface area is 293 Å². The zero-order valence-electron chi connectivity index (χ0n) is 27.5. The molecule has 0 aliphatic carbocycles. The lowest BCUT2D eigenvalue weighted by Crippen LogP contribution is -1.96. The number of fused-ring (bicyclic) bond motifs is 6. The molecule has 0 radical (unpaired) electrons. The van der Waals surface area contributed by atoms with Crippen LogP contribution in [0.1, 0.15) is 0 Å². The number of furan rings is 1. The molecule has 0 bridgehead atoms. The van der Waals surface area contributed by atoms with Gasteiger partial charge in [0, 0.05) is 32.7 Å².